The summed E-state index contributed by atoms with van der Waals surface area (Å²) in [6.07, 6.45) is 5.59. The number of nitrogens with zero attached hydrogens (tertiary/aromatic N) is 4. The van der Waals surface area contributed by atoms with E-state index in [1.807, 2.05) is 31.4 Å². The van der Waals surface area contributed by atoms with Crippen LogP contribution in [0.4, 0.5) is 0 Å². The predicted octanol–water partition coefficient (Wildman–Crippen LogP) is 2.35. The summed E-state index contributed by atoms with van der Waals surface area (Å²) >= 11 is 0. The van der Waals surface area contributed by atoms with Crippen molar-refractivity contribution in [3.05, 3.63) is 51.3 Å². The van der Waals surface area contributed by atoms with Crippen molar-refractivity contribution in [2.24, 2.45) is 0 Å². The highest BCUT2D eigenvalue weighted by molar-refractivity contribution is 5.45. The average Bonchev–Trinajstić information content (AvgIpc) is 3.17. The SMILES string of the molecule is Cc1noc(C)c1Cn1c(C)cn2c(C3CCOCC3)ncc2c1=O. The molecule has 132 valence electrons. The van der Waals surface area contributed by atoms with Crippen molar-refractivity contribution >= 4 is 5.52 Å². The molecular weight excluding hydrogens is 320 g/mol. The molecular formula is C18H22N4O3. The summed E-state index contributed by atoms with van der Waals surface area (Å²) in [5, 5.41) is 3.98. The first-order valence-corrected chi connectivity index (χ1v) is 8.63. The molecule has 0 spiro atoms. The van der Waals surface area contributed by atoms with Gasteiger partial charge in [0.1, 0.15) is 17.1 Å². The summed E-state index contributed by atoms with van der Waals surface area (Å²) in [6, 6.07) is 0. The topological polar surface area (TPSA) is 74.6 Å². The van der Waals surface area contributed by atoms with Crippen molar-refractivity contribution in [2.45, 2.75) is 46.1 Å². The van der Waals surface area contributed by atoms with Crippen molar-refractivity contribution in [3.8, 4) is 0 Å². The molecule has 0 saturated carbocycles. The van der Waals surface area contributed by atoms with Crippen LogP contribution < -0.4 is 5.56 Å². The lowest BCUT2D eigenvalue weighted by Crippen LogP contribution is -2.26. The molecule has 0 atom stereocenters. The highest BCUT2D eigenvalue weighted by Crippen LogP contribution is 2.26. The van der Waals surface area contributed by atoms with Crippen LogP contribution in [0.25, 0.3) is 5.52 Å². The Morgan fingerprint density at radius 1 is 1.24 bits per heavy atom. The van der Waals surface area contributed by atoms with E-state index in [1.165, 1.54) is 0 Å². The normalized spacial score (nSPS) is 16.0. The van der Waals surface area contributed by atoms with Crippen LogP contribution in [0.5, 0.6) is 0 Å². The molecule has 1 fully saturated rings. The Balaban J connectivity index is 1.79. The first-order chi connectivity index (χ1) is 12.1. The van der Waals surface area contributed by atoms with Crippen molar-refractivity contribution in [1.29, 1.82) is 0 Å². The number of aryl methyl sites for hydroxylation is 3. The third kappa shape index (κ3) is 2.68. The Morgan fingerprint density at radius 2 is 2.00 bits per heavy atom. The molecule has 7 nitrogen and oxygen atoms in total. The van der Waals surface area contributed by atoms with Gasteiger partial charge in [-0.3, -0.25) is 9.20 Å². The number of hydrogen-bond donors (Lipinski definition) is 0. The molecule has 1 saturated heterocycles. The van der Waals surface area contributed by atoms with Crippen molar-refractivity contribution in [2.75, 3.05) is 13.2 Å². The van der Waals surface area contributed by atoms with E-state index in [0.29, 0.717) is 18.0 Å². The molecule has 1 aliphatic heterocycles. The highest BCUT2D eigenvalue weighted by atomic mass is 16.5. The number of aromatic nitrogens is 4. The third-order valence-electron chi connectivity index (χ3n) is 5.12. The van der Waals surface area contributed by atoms with Gasteiger partial charge in [-0.05, 0) is 33.6 Å². The minimum atomic E-state index is -0.0363. The fourth-order valence-corrected chi connectivity index (χ4v) is 3.56. The van der Waals surface area contributed by atoms with E-state index >= 15 is 0 Å². The quantitative estimate of drug-likeness (QED) is 0.730. The standard InChI is InChI=1S/C18H22N4O3/c1-11-9-22-16(8-19-17(22)14-4-6-24-7-5-14)18(23)21(11)10-15-12(2)20-25-13(15)3/h8-9,14H,4-7,10H2,1-3H3. The smallest absolute Gasteiger partial charge is 0.276 e. The molecule has 0 aliphatic carbocycles. The summed E-state index contributed by atoms with van der Waals surface area (Å²) in [4.78, 5) is 17.6. The molecule has 0 radical (unpaired) electrons. The van der Waals surface area contributed by atoms with E-state index in [1.54, 1.807) is 10.8 Å². The highest BCUT2D eigenvalue weighted by Gasteiger charge is 2.22. The molecule has 7 heteroatoms. The fraction of sp³-hybridized carbons (Fsp3) is 0.500. The average molecular weight is 342 g/mol. The number of hydrogen-bond acceptors (Lipinski definition) is 5. The van der Waals surface area contributed by atoms with Crippen LogP contribution in [-0.2, 0) is 11.3 Å². The second kappa shape index (κ2) is 6.15. The van der Waals surface area contributed by atoms with E-state index in [2.05, 4.69) is 10.1 Å². The van der Waals surface area contributed by atoms with Gasteiger partial charge in [-0.25, -0.2) is 4.98 Å². The van der Waals surface area contributed by atoms with Gasteiger partial charge in [-0.2, -0.15) is 0 Å². The van der Waals surface area contributed by atoms with Gasteiger partial charge in [0.2, 0.25) is 0 Å². The Labute approximate surface area is 145 Å². The zero-order chi connectivity index (χ0) is 17.6. The summed E-state index contributed by atoms with van der Waals surface area (Å²) in [5.74, 6) is 2.05. The maximum absolute atomic E-state index is 13.0. The molecule has 3 aromatic rings. The molecule has 0 unspecified atom stereocenters. The van der Waals surface area contributed by atoms with Gasteiger partial charge in [-0.15, -0.1) is 0 Å². The lowest BCUT2D eigenvalue weighted by Gasteiger charge is -2.21. The minimum absolute atomic E-state index is 0.0363. The van der Waals surface area contributed by atoms with Crippen molar-refractivity contribution in [3.63, 3.8) is 0 Å². The number of rotatable bonds is 3. The van der Waals surface area contributed by atoms with Crippen molar-refractivity contribution in [1.82, 2.24) is 19.1 Å². The maximum Gasteiger partial charge on any atom is 0.276 e. The molecule has 0 amide bonds. The van der Waals surface area contributed by atoms with E-state index in [0.717, 1.165) is 54.6 Å². The van der Waals surface area contributed by atoms with Gasteiger partial charge < -0.3 is 13.8 Å². The van der Waals surface area contributed by atoms with E-state index in [9.17, 15) is 4.79 Å². The molecule has 0 N–H and O–H groups in total. The zero-order valence-electron chi connectivity index (χ0n) is 14.8. The van der Waals surface area contributed by atoms with Gasteiger partial charge in [0.15, 0.2) is 0 Å². The first kappa shape index (κ1) is 16.1. The minimum Gasteiger partial charge on any atom is -0.381 e. The molecule has 1 aliphatic rings. The van der Waals surface area contributed by atoms with Crippen LogP contribution in [0.2, 0.25) is 0 Å². The second-order valence-electron chi connectivity index (χ2n) is 6.72. The number of imidazole rings is 1. The molecule has 4 heterocycles. The molecule has 0 aromatic carbocycles. The van der Waals surface area contributed by atoms with Crippen LogP contribution in [0.15, 0.2) is 21.7 Å². The Morgan fingerprint density at radius 3 is 2.68 bits per heavy atom. The Hall–Kier alpha value is -2.41. The van der Waals surface area contributed by atoms with Gasteiger partial charge in [-0.1, -0.05) is 5.16 Å². The molecule has 3 aromatic heterocycles. The predicted molar refractivity (Wildman–Crippen MR) is 92.1 cm³/mol. The second-order valence-corrected chi connectivity index (χ2v) is 6.72. The summed E-state index contributed by atoms with van der Waals surface area (Å²) in [5.41, 5.74) is 3.24. The number of fused-ring (bicyclic) bond motifs is 1. The van der Waals surface area contributed by atoms with E-state index in [4.69, 9.17) is 9.26 Å². The lowest BCUT2D eigenvalue weighted by molar-refractivity contribution is 0.0835. The van der Waals surface area contributed by atoms with Crippen LogP contribution in [0.3, 0.4) is 0 Å². The van der Waals surface area contributed by atoms with Crippen LogP contribution in [0, 0.1) is 20.8 Å². The molecule has 4 rings (SSSR count). The van der Waals surface area contributed by atoms with Crippen molar-refractivity contribution < 1.29 is 9.26 Å². The lowest BCUT2D eigenvalue weighted by atomic mass is 10.00. The Kier molecular flexibility index (Phi) is 3.95. The molecule has 0 bridgehead atoms. The number of ether oxygens (including phenoxy) is 1. The van der Waals surface area contributed by atoms with Gasteiger partial charge in [0.25, 0.3) is 5.56 Å². The largest absolute Gasteiger partial charge is 0.381 e. The van der Waals surface area contributed by atoms with E-state index < -0.39 is 0 Å². The third-order valence-corrected chi connectivity index (χ3v) is 5.12. The van der Waals surface area contributed by atoms with Crippen LogP contribution >= 0.6 is 0 Å². The Bertz CT molecular complexity index is 957. The maximum atomic E-state index is 13.0. The van der Waals surface area contributed by atoms with E-state index in [-0.39, 0.29) is 5.56 Å². The summed E-state index contributed by atoms with van der Waals surface area (Å²) in [7, 11) is 0. The summed E-state index contributed by atoms with van der Waals surface area (Å²) < 4.78 is 14.4. The van der Waals surface area contributed by atoms with Gasteiger partial charge in [0.05, 0.1) is 18.4 Å². The molecule has 25 heavy (non-hydrogen) atoms. The van der Waals surface area contributed by atoms with Gasteiger partial charge >= 0.3 is 0 Å². The fourth-order valence-electron chi connectivity index (χ4n) is 3.56. The van der Waals surface area contributed by atoms with Gasteiger partial charge in [0, 0.05) is 36.6 Å². The monoisotopic (exact) mass is 342 g/mol. The zero-order valence-corrected chi connectivity index (χ0v) is 14.8. The summed E-state index contributed by atoms with van der Waals surface area (Å²) in [6.45, 7) is 7.68. The first-order valence-electron chi connectivity index (χ1n) is 8.63. The van der Waals surface area contributed by atoms with Crippen LogP contribution in [0.1, 0.15) is 47.3 Å². The van der Waals surface area contributed by atoms with Crippen LogP contribution in [-0.4, -0.2) is 32.3 Å².